The summed E-state index contributed by atoms with van der Waals surface area (Å²) in [5, 5.41) is 8.88. The van der Waals surface area contributed by atoms with Crippen LogP contribution in [0.15, 0.2) is 30.3 Å². The average Bonchev–Trinajstić information content (AvgIpc) is 3.43. The first kappa shape index (κ1) is 19.4. The molecule has 27 heavy (non-hydrogen) atoms. The van der Waals surface area contributed by atoms with Crippen LogP contribution in [0.4, 0.5) is 4.39 Å². The van der Waals surface area contributed by atoms with Crippen molar-refractivity contribution in [2.45, 2.75) is 26.2 Å². The fourth-order valence-electron chi connectivity index (χ4n) is 2.57. The molecule has 0 amide bonds. The standard InChI is InChI=1S/C20H21ClFNO4/c1-12(7-19(24)25)10-27-20-15(21)8-14(9-16(20)22)17-3-2-4-18(23-17)26-11-13-5-6-13/h2-4,8-9,12-13H,5-7,10-11H2,1H3,(H,24,25). The Hall–Kier alpha value is -2.34. The molecule has 0 spiro atoms. The van der Waals surface area contributed by atoms with E-state index >= 15 is 0 Å². The molecule has 2 aromatic rings. The van der Waals surface area contributed by atoms with E-state index in [4.69, 9.17) is 26.2 Å². The summed E-state index contributed by atoms with van der Waals surface area (Å²) in [6.07, 6.45) is 2.31. The van der Waals surface area contributed by atoms with E-state index in [1.165, 1.54) is 18.9 Å². The fourth-order valence-corrected chi connectivity index (χ4v) is 2.83. The van der Waals surface area contributed by atoms with Crippen LogP contribution in [-0.2, 0) is 4.79 Å². The van der Waals surface area contributed by atoms with Crippen molar-refractivity contribution in [3.05, 3.63) is 41.2 Å². The Morgan fingerprint density at radius 1 is 1.37 bits per heavy atom. The van der Waals surface area contributed by atoms with Gasteiger partial charge in [-0.1, -0.05) is 24.6 Å². The Bertz CT molecular complexity index is 802. The third kappa shape index (κ3) is 5.57. The number of halogens is 2. The second-order valence-corrected chi connectivity index (χ2v) is 7.31. The molecular formula is C20H21ClFNO4. The van der Waals surface area contributed by atoms with Gasteiger partial charge in [0.25, 0.3) is 0 Å². The zero-order valence-electron chi connectivity index (χ0n) is 15.0. The SMILES string of the molecule is CC(COc1c(F)cc(-c2cccc(OCC3CC3)n2)cc1Cl)CC(=O)O. The largest absolute Gasteiger partial charge is 0.489 e. The Labute approximate surface area is 162 Å². The molecular weight excluding hydrogens is 373 g/mol. The monoisotopic (exact) mass is 393 g/mol. The average molecular weight is 394 g/mol. The molecule has 5 nitrogen and oxygen atoms in total. The lowest BCUT2D eigenvalue weighted by atomic mass is 10.1. The van der Waals surface area contributed by atoms with Crippen molar-refractivity contribution in [2.24, 2.45) is 11.8 Å². The van der Waals surface area contributed by atoms with Crippen molar-refractivity contribution in [1.29, 1.82) is 0 Å². The summed E-state index contributed by atoms with van der Waals surface area (Å²) in [6, 6.07) is 8.20. The number of aliphatic carboxylic acids is 1. The van der Waals surface area contributed by atoms with Gasteiger partial charge in [-0.25, -0.2) is 9.37 Å². The lowest BCUT2D eigenvalue weighted by Gasteiger charge is -2.14. The number of benzene rings is 1. The highest BCUT2D eigenvalue weighted by Gasteiger charge is 2.22. The number of hydrogen-bond acceptors (Lipinski definition) is 4. The molecule has 0 aliphatic heterocycles. The normalized spacial score (nSPS) is 14.6. The summed E-state index contributed by atoms with van der Waals surface area (Å²) in [5.74, 6) is -0.784. The Morgan fingerprint density at radius 3 is 2.81 bits per heavy atom. The van der Waals surface area contributed by atoms with E-state index in [1.54, 1.807) is 31.2 Å². The molecule has 144 valence electrons. The summed E-state index contributed by atoms with van der Waals surface area (Å²) in [5.41, 5.74) is 1.06. The number of carboxylic acid groups (broad SMARTS) is 1. The van der Waals surface area contributed by atoms with E-state index in [0.29, 0.717) is 29.7 Å². The molecule has 0 radical (unpaired) electrons. The van der Waals surface area contributed by atoms with E-state index in [0.717, 1.165) is 0 Å². The lowest BCUT2D eigenvalue weighted by Crippen LogP contribution is -2.13. The third-order valence-corrected chi connectivity index (χ3v) is 4.50. The van der Waals surface area contributed by atoms with E-state index < -0.39 is 11.8 Å². The molecule has 1 aromatic heterocycles. The summed E-state index contributed by atoms with van der Waals surface area (Å²) in [4.78, 5) is 15.1. The van der Waals surface area contributed by atoms with Crippen LogP contribution < -0.4 is 9.47 Å². The summed E-state index contributed by atoms with van der Waals surface area (Å²) in [6.45, 7) is 2.42. The van der Waals surface area contributed by atoms with Crippen molar-refractivity contribution in [3.8, 4) is 22.9 Å². The molecule has 1 atom stereocenters. The number of rotatable bonds is 9. The smallest absolute Gasteiger partial charge is 0.303 e. The highest BCUT2D eigenvalue weighted by atomic mass is 35.5. The molecule has 1 fully saturated rings. The van der Waals surface area contributed by atoms with Crippen LogP contribution in [0.5, 0.6) is 11.6 Å². The number of carboxylic acids is 1. The molecule has 1 N–H and O–H groups in total. The Kier molecular flexibility index (Phi) is 6.16. The van der Waals surface area contributed by atoms with E-state index in [2.05, 4.69) is 4.98 Å². The minimum atomic E-state index is -0.928. The van der Waals surface area contributed by atoms with Crippen LogP contribution in [0.3, 0.4) is 0 Å². The zero-order valence-corrected chi connectivity index (χ0v) is 15.7. The van der Waals surface area contributed by atoms with E-state index in [1.807, 2.05) is 0 Å². The minimum Gasteiger partial charge on any atom is -0.489 e. The topological polar surface area (TPSA) is 68.7 Å². The van der Waals surface area contributed by atoms with Gasteiger partial charge in [0.05, 0.1) is 30.4 Å². The number of pyridine rings is 1. The number of hydrogen-bond donors (Lipinski definition) is 1. The molecule has 0 bridgehead atoms. The highest BCUT2D eigenvalue weighted by Crippen LogP contribution is 2.34. The quantitative estimate of drug-likeness (QED) is 0.661. The molecule has 1 saturated carbocycles. The predicted octanol–water partition coefficient (Wildman–Crippen LogP) is 4.82. The van der Waals surface area contributed by atoms with Crippen molar-refractivity contribution in [1.82, 2.24) is 4.98 Å². The van der Waals surface area contributed by atoms with Gasteiger partial charge in [-0.2, -0.15) is 0 Å². The second-order valence-electron chi connectivity index (χ2n) is 6.90. The molecule has 1 unspecified atom stereocenters. The van der Waals surface area contributed by atoms with Gasteiger partial charge in [-0.3, -0.25) is 4.79 Å². The molecule has 1 aliphatic rings. The maximum atomic E-state index is 14.5. The van der Waals surface area contributed by atoms with Gasteiger partial charge in [0, 0.05) is 17.5 Å². The second kappa shape index (κ2) is 8.57. The number of nitrogens with zero attached hydrogens (tertiary/aromatic N) is 1. The van der Waals surface area contributed by atoms with Gasteiger partial charge in [0.2, 0.25) is 5.88 Å². The fraction of sp³-hybridized carbons (Fsp3) is 0.400. The van der Waals surface area contributed by atoms with Crippen molar-refractivity contribution < 1.29 is 23.8 Å². The van der Waals surface area contributed by atoms with Gasteiger partial charge < -0.3 is 14.6 Å². The Morgan fingerprint density at radius 2 is 2.15 bits per heavy atom. The van der Waals surface area contributed by atoms with Crippen LogP contribution >= 0.6 is 11.6 Å². The van der Waals surface area contributed by atoms with Gasteiger partial charge >= 0.3 is 5.97 Å². The summed E-state index contributed by atoms with van der Waals surface area (Å²) >= 11 is 6.18. The molecule has 1 aliphatic carbocycles. The van der Waals surface area contributed by atoms with Gasteiger partial charge in [0.15, 0.2) is 11.6 Å². The predicted molar refractivity (Wildman–Crippen MR) is 99.8 cm³/mol. The first-order valence-corrected chi connectivity index (χ1v) is 9.24. The van der Waals surface area contributed by atoms with Gasteiger partial charge in [0.1, 0.15) is 0 Å². The van der Waals surface area contributed by atoms with E-state index in [-0.39, 0.29) is 29.7 Å². The zero-order chi connectivity index (χ0) is 19.4. The number of ether oxygens (including phenoxy) is 2. The summed E-state index contributed by atoms with van der Waals surface area (Å²) < 4.78 is 25.6. The summed E-state index contributed by atoms with van der Waals surface area (Å²) in [7, 11) is 0. The third-order valence-electron chi connectivity index (χ3n) is 4.22. The molecule has 1 aromatic carbocycles. The Balaban J connectivity index is 1.71. The molecule has 7 heteroatoms. The van der Waals surface area contributed by atoms with Crippen LogP contribution in [0.25, 0.3) is 11.3 Å². The van der Waals surface area contributed by atoms with E-state index in [9.17, 15) is 9.18 Å². The van der Waals surface area contributed by atoms with Crippen LogP contribution in [0, 0.1) is 17.7 Å². The van der Waals surface area contributed by atoms with Crippen molar-refractivity contribution in [2.75, 3.05) is 13.2 Å². The number of carbonyl (C=O) groups is 1. The first-order chi connectivity index (χ1) is 12.9. The van der Waals surface area contributed by atoms with Crippen LogP contribution in [0.2, 0.25) is 5.02 Å². The van der Waals surface area contributed by atoms with Crippen LogP contribution in [-0.4, -0.2) is 29.3 Å². The maximum Gasteiger partial charge on any atom is 0.303 e. The minimum absolute atomic E-state index is 0.0605. The van der Waals surface area contributed by atoms with Gasteiger partial charge in [-0.15, -0.1) is 0 Å². The number of aromatic nitrogens is 1. The molecule has 0 saturated heterocycles. The molecule has 1 heterocycles. The van der Waals surface area contributed by atoms with Crippen LogP contribution in [0.1, 0.15) is 26.2 Å². The first-order valence-electron chi connectivity index (χ1n) is 8.86. The highest BCUT2D eigenvalue weighted by molar-refractivity contribution is 6.32. The molecule has 3 rings (SSSR count). The van der Waals surface area contributed by atoms with Crippen molar-refractivity contribution >= 4 is 17.6 Å². The van der Waals surface area contributed by atoms with Gasteiger partial charge in [-0.05, 0) is 37.0 Å². The maximum absolute atomic E-state index is 14.5. The lowest BCUT2D eigenvalue weighted by molar-refractivity contribution is -0.138. The van der Waals surface area contributed by atoms with Crippen molar-refractivity contribution in [3.63, 3.8) is 0 Å².